The second-order valence-electron chi connectivity index (χ2n) is 6.89. The van der Waals surface area contributed by atoms with Crippen molar-refractivity contribution in [3.63, 3.8) is 0 Å². The van der Waals surface area contributed by atoms with Gasteiger partial charge in [0.05, 0.1) is 15.8 Å². The van der Waals surface area contributed by atoms with Crippen LogP contribution in [0.2, 0.25) is 0 Å². The van der Waals surface area contributed by atoms with Crippen molar-refractivity contribution in [1.82, 2.24) is 20.2 Å². The highest BCUT2D eigenvalue weighted by Gasteiger charge is 2.20. The minimum Gasteiger partial charge on any atom is -0.485 e. The first kappa shape index (κ1) is 20.5. The van der Waals surface area contributed by atoms with E-state index in [0.717, 1.165) is 42.9 Å². The van der Waals surface area contributed by atoms with Gasteiger partial charge in [-0.1, -0.05) is 22.0 Å². The average Bonchev–Trinajstić information content (AvgIpc) is 2.74. The molecule has 0 atom stereocenters. The fraction of sp³-hybridized carbons (Fsp3) is 0.300. The molecule has 2 aromatic carbocycles. The van der Waals surface area contributed by atoms with Crippen molar-refractivity contribution in [3.8, 4) is 5.75 Å². The molecule has 10 heteroatoms. The third kappa shape index (κ3) is 4.84. The van der Waals surface area contributed by atoms with Crippen LogP contribution in [0.1, 0.15) is 0 Å². The van der Waals surface area contributed by atoms with Gasteiger partial charge in [0.2, 0.25) is 0 Å². The Hall–Kier alpha value is -2.82. The monoisotopic (exact) mass is 472 g/mol. The van der Waals surface area contributed by atoms with Crippen LogP contribution in [-0.4, -0.2) is 59.1 Å². The van der Waals surface area contributed by atoms with Gasteiger partial charge in [-0.25, -0.2) is 9.97 Å². The van der Waals surface area contributed by atoms with Gasteiger partial charge in [-0.05, 0) is 18.2 Å². The number of anilines is 2. The third-order valence-corrected chi connectivity index (χ3v) is 5.37. The van der Waals surface area contributed by atoms with Gasteiger partial charge in [0.1, 0.15) is 18.8 Å². The van der Waals surface area contributed by atoms with Gasteiger partial charge in [-0.2, -0.15) is 0 Å². The number of hydrogen-bond acceptors (Lipinski definition) is 8. The van der Waals surface area contributed by atoms with E-state index in [1.807, 2.05) is 24.3 Å². The molecular formula is C20H21BrN6O3. The van der Waals surface area contributed by atoms with E-state index >= 15 is 0 Å². The van der Waals surface area contributed by atoms with Gasteiger partial charge in [-0.15, -0.1) is 0 Å². The molecule has 0 radical (unpaired) electrons. The van der Waals surface area contributed by atoms with Gasteiger partial charge >= 0.3 is 5.69 Å². The highest BCUT2D eigenvalue weighted by atomic mass is 79.9. The summed E-state index contributed by atoms with van der Waals surface area (Å²) in [6, 6.07) is 10.7. The van der Waals surface area contributed by atoms with Crippen molar-refractivity contribution in [2.75, 3.05) is 44.6 Å². The number of nitrogens with zero attached hydrogens (tertiary/aromatic N) is 4. The predicted octanol–water partition coefficient (Wildman–Crippen LogP) is 3.33. The number of fused-ring (bicyclic) bond motifs is 1. The molecule has 1 aliphatic rings. The van der Waals surface area contributed by atoms with Crippen molar-refractivity contribution in [2.24, 2.45) is 0 Å². The number of ether oxygens (including phenoxy) is 1. The van der Waals surface area contributed by atoms with Crippen molar-refractivity contribution >= 4 is 44.0 Å². The van der Waals surface area contributed by atoms with Gasteiger partial charge in [0.15, 0.2) is 5.75 Å². The van der Waals surface area contributed by atoms with E-state index in [-0.39, 0.29) is 11.4 Å². The van der Waals surface area contributed by atoms with Gasteiger partial charge in [0.25, 0.3) is 0 Å². The lowest BCUT2D eigenvalue weighted by Crippen LogP contribution is -2.44. The maximum atomic E-state index is 11.7. The van der Waals surface area contributed by atoms with E-state index in [1.54, 1.807) is 6.07 Å². The Balaban J connectivity index is 1.59. The summed E-state index contributed by atoms with van der Waals surface area (Å²) in [5.74, 6) is 0.711. The van der Waals surface area contributed by atoms with Gasteiger partial charge in [0, 0.05) is 55.0 Å². The lowest BCUT2D eigenvalue weighted by molar-refractivity contribution is -0.385. The molecular weight excluding hydrogens is 452 g/mol. The number of hydrogen-bond donors (Lipinski definition) is 2. The minimum absolute atomic E-state index is 0.102. The Labute approximate surface area is 181 Å². The molecule has 1 aromatic heterocycles. The van der Waals surface area contributed by atoms with E-state index in [2.05, 4.69) is 41.4 Å². The molecule has 0 unspecified atom stereocenters. The lowest BCUT2D eigenvalue weighted by Gasteiger charge is -2.26. The molecule has 0 aliphatic carbocycles. The molecule has 1 fully saturated rings. The maximum absolute atomic E-state index is 11.7. The number of aromatic nitrogens is 2. The molecule has 156 valence electrons. The molecule has 0 bridgehead atoms. The summed E-state index contributed by atoms with van der Waals surface area (Å²) in [6.45, 7) is 4.88. The fourth-order valence-electron chi connectivity index (χ4n) is 3.35. The summed E-state index contributed by atoms with van der Waals surface area (Å²) in [7, 11) is 0. The molecule has 1 saturated heterocycles. The van der Waals surface area contributed by atoms with Crippen LogP contribution in [0.15, 0.2) is 47.2 Å². The minimum atomic E-state index is -0.435. The third-order valence-electron chi connectivity index (χ3n) is 4.87. The Morgan fingerprint density at radius 2 is 2.07 bits per heavy atom. The molecule has 30 heavy (non-hydrogen) atoms. The summed E-state index contributed by atoms with van der Waals surface area (Å²) in [6.07, 6.45) is 1.43. The molecule has 0 amide bonds. The normalized spacial score (nSPS) is 14.6. The van der Waals surface area contributed by atoms with Crippen LogP contribution in [0.4, 0.5) is 17.2 Å². The highest BCUT2D eigenvalue weighted by Crippen LogP contribution is 2.34. The number of piperazine rings is 1. The number of halogens is 1. The van der Waals surface area contributed by atoms with Gasteiger partial charge < -0.3 is 15.4 Å². The number of benzene rings is 2. The number of nitrogens with one attached hydrogen (secondary N) is 2. The first-order chi connectivity index (χ1) is 14.6. The zero-order valence-corrected chi connectivity index (χ0v) is 17.8. The number of nitro benzene ring substituents is 1. The van der Waals surface area contributed by atoms with Crippen molar-refractivity contribution < 1.29 is 9.66 Å². The summed E-state index contributed by atoms with van der Waals surface area (Å²) in [5.41, 5.74) is 1.28. The Morgan fingerprint density at radius 3 is 2.83 bits per heavy atom. The van der Waals surface area contributed by atoms with E-state index in [4.69, 9.17) is 4.74 Å². The van der Waals surface area contributed by atoms with E-state index in [9.17, 15) is 10.1 Å². The zero-order valence-electron chi connectivity index (χ0n) is 16.2. The Morgan fingerprint density at radius 1 is 1.23 bits per heavy atom. The van der Waals surface area contributed by atoms with Crippen LogP contribution in [0, 0.1) is 10.1 Å². The van der Waals surface area contributed by atoms with Crippen molar-refractivity contribution in [2.45, 2.75) is 0 Å². The SMILES string of the molecule is O=[N+]([O-])c1cc2c(Nc3cccc(Br)c3)ncnc2cc1OCCN1CCNCC1. The summed E-state index contributed by atoms with van der Waals surface area (Å²) < 4.78 is 6.71. The fourth-order valence-corrected chi connectivity index (χ4v) is 3.75. The second kappa shape index (κ2) is 9.33. The van der Waals surface area contributed by atoms with Crippen LogP contribution >= 0.6 is 15.9 Å². The molecule has 2 N–H and O–H groups in total. The molecule has 0 saturated carbocycles. The quantitative estimate of drug-likeness (QED) is 0.398. The number of rotatable bonds is 7. The Kier molecular flexibility index (Phi) is 6.36. The lowest BCUT2D eigenvalue weighted by atomic mass is 10.2. The predicted molar refractivity (Wildman–Crippen MR) is 118 cm³/mol. The van der Waals surface area contributed by atoms with Crippen LogP contribution in [-0.2, 0) is 0 Å². The zero-order chi connectivity index (χ0) is 20.9. The standard InChI is InChI=1S/C20H21BrN6O3/c21-14-2-1-3-15(10-14)25-20-16-11-18(27(28)29)19(12-17(16)23-13-24-20)30-9-8-26-6-4-22-5-7-26/h1-3,10-13,22H,4-9H2,(H,23,24,25). The highest BCUT2D eigenvalue weighted by molar-refractivity contribution is 9.10. The summed E-state index contributed by atoms with van der Waals surface area (Å²) >= 11 is 3.43. The van der Waals surface area contributed by atoms with E-state index < -0.39 is 4.92 Å². The van der Waals surface area contributed by atoms with Crippen LogP contribution in [0.5, 0.6) is 5.75 Å². The van der Waals surface area contributed by atoms with Crippen LogP contribution in [0.3, 0.4) is 0 Å². The van der Waals surface area contributed by atoms with Crippen molar-refractivity contribution in [1.29, 1.82) is 0 Å². The largest absolute Gasteiger partial charge is 0.485 e. The second-order valence-corrected chi connectivity index (χ2v) is 7.81. The van der Waals surface area contributed by atoms with Crippen LogP contribution in [0.25, 0.3) is 10.9 Å². The number of nitro groups is 1. The summed E-state index contributed by atoms with van der Waals surface area (Å²) in [5, 5.41) is 18.7. The average molecular weight is 473 g/mol. The maximum Gasteiger partial charge on any atom is 0.311 e. The molecule has 0 spiro atoms. The molecule has 4 rings (SSSR count). The topological polar surface area (TPSA) is 105 Å². The summed E-state index contributed by atoms with van der Waals surface area (Å²) in [4.78, 5) is 22.1. The Bertz CT molecular complexity index is 1060. The smallest absolute Gasteiger partial charge is 0.311 e. The van der Waals surface area contributed by atoms with Crippen molar-refractivity contribution in [3.05, 3.63) is 57.3 Å². The van der Waals surface area contributed by atoms with Gasteiger partial charge in [-0.3, -0.25) is 15.0 Å². The molecule has 3 aromatic rings. The van der Waals surface area contributed by atoms with Crippen LogP contribution < -0.4 is 15.4 Å². The molecule has 1 aliphatic heterocycles. The van der Waals surface area contributed by atoms with E-state index in [1.165, 1.54) is 12.4 Å². The first-order valence-electron chi connectivity index (χ1n) is 9.62. The first-order valence-corrected chi connectivity index (χ1v) is 10.4. The molecule has 2 heterocycles. The molecule has 9 nitrogen and oxygen atoms in total. The van der Waals surface area contributed by atoms with E-state index in [0.29, 0.717) is 23.3 Å².